The number of esters is 1. The van der Waals surface area contributed by atoms with Crippen LogP contribution in [0.3, 0.4) is 0 Å². The van der Waals surface area contributed by atoms with Gasteiger partial charge in [-0.1, -0.05) is 46.7 Å². The van der Waals surface area contributed by atoms with Crippen molar-refractivity contribution in [3.05, 3.63) is 88.5 Å². The Balaban J connectivity index is 1.97. The number of ether oxygens (including phenoxy) is 3. The van der Waals surface area contributed by atoms with Crippen LogP contribution in [-0.2, 0) is 9.53 Å². The monoisotopic (exact) mass is 532 g/mol. The SMILES string of the molecule is CCOC(=O)C1=C(C)N=c2s/c(=C\c3ccc(Cl)c(Cl)c3)c(=O)n2C1c1ccc(OC)c(OC)c1. The first-order chi connectivity index (χ1) is 16.8. The lowest BCUT2D eigenvalue weighted by Crippen LogP contribution is -2.39. The summed E-state index contributed by atoms with van der Waals surface area (Å²) in [6.45, 7) is 3.65. The molecule has 1 aromatic heterocycles. The third kappa shape index (κ3) is 4.74. The molecule has 1 aliphatic rings. The van der Waals surface area contributed by atoms with Crippen molar-refractivity contribution in [2.24, 2.45) is 4.99 Å². The predicted molar refractivity (Wildman–Crippen MR) is 136 cm³/mol. The molecule has 2 heterocycles. The van der Waals surface area contributed by atoms with Crippen LogP contribution in [0.25, 0.3) is 6.08 Å². The second-order valence-corrected chi connectivity index (χ2v) is 9.41. The Morgan fingerprint density at radius 1 is 1.11 bits per heavy atom. The molecule has 0 radical (unpaired) electrons. The van der Waals surface area contributed by atoms with Crippen molar-refractivity contribution < 1.29 is 19.0 Å². The molecule has 0 aliphatic carbocycles. The molecule has 35 heavy (non-hydrogen) atoms. The highest BCUT2D eigenvalue weighted by molar-refractivity contribution is 7.07. The minimum absolute atomic E-state index is 0.190. The number of carbonyl (C=O) groups excluding carboxylic acids is 1. The summed E-state index contributed by atoms with van der Waals surface area (Å²) in [4.78, 5) is 31.7. The topological polar surface area (TPSA) is 79.1 Å². The fourth-order valence-corrected chi connectivity index (χ4v) is 5.24. The summed E-state index contributed by atoms with van der Waals surface area (Å²) < 4.78 is 18.1. The molecule has 1 unspecified atom stereocenters. The Kier molecular flexibility index (Phi) is 7.35. The molecule has 0 fully saturated rings. The molecule has 0 bridgehead atoms. The maximum atomic E-state index is 13.7. The molecule has 3 aromatic rings. The van der Waals surface area contributed by atoms with Gasteiger partial charge in [-0.2, -0.15) is 0 Å². The number of benzene rings is 2. The first-order valence-corrected chi connectivity index (χ1v) is 12.2. The molecule has 182 valence electrons. The Morgan fingerprint density at radius 2 is 1.86 bits per heavy atom. The van der Waals surface area contributed by atoms with Crippen LogP contribution in [0.4, 0.5) is 0 Å². The zero-order valence-corrected chi connectivity index (χ0v) is 21.8. The Morgan fingerprint density at radius 3 is 2.51 bits per heavy atom. The van der Waals surface area contributed by atoms with Crippen molar-refractivity contribution in [3.63, 3.8) is 0 Å². The summed E-state index contributed by atoms with van der Waals surface area (Å²) in [5.41, 5.74) is 1.84. The Labute approximate surface area is 215 Å². The standard InChI is InChI=1S/C25H22Cl2N2O5S/c1-5-34-24(31)21-13(2)28-25-29(22(21)15-7-9-18(32-3)19(12-15)33-4)23(30)20(35-25)11-14-6-8-16(26)17(27)10-14/h6-12,22H,5H2,1-4H3/b20-11-. The van der Waals surface area contributed by atoms with Crippen LogP contribution < -0.4 is 24.4 Å². The molecule has 0 N–H and O–H groups in total. The number of hydrogen-bond acceptors (Lipinski definition) is 7. The average Bonchev–Trinajstić information content (AvgIpc) is 3.14. The van der Waals surface area contributed by atoms with Crippen LogP contribution in [0.1, 0.15) is 31.0 Å². The van der Waals surface area contributed by atoms with Gasteiger partial charge >= 0.3 is 5.97 Å². The van der Waals surface area contributed by atoms with Crippen LogP contribution in [0.2, 0.25) is 10.0 Å². The van der Waals surface area contributed by atoms with Crippen molar-refractivity contribution in [2.75, 3.05) is 20.8 Å². The van der Waals surface area contributed by atoms with Gasteiger partial charge in [0, 0.05) is 0 Å². The fraction of sp³-hybridized carbons (Fsp3) is 0.240. The molecule has 0 amide bonds. The minimum atomic E-state index is -0.763. The van der Waals surface area contributed by atoms with Crippen molar-refractivity contribution >= 4 is 46.6 Å². The summed E-state index contributed by atoms with van der Waals surface area (Å²) in [7, 11) is 3.06. The van der Waals surface area contributed by atoms with E-state index in [1.54, 1.807) is 56.3 Å². The highest BCUT2D eigenvalue weighted by Crippen LogP contribution is 2.36. The number of fused-ring (bicyclic) bond motifs is 1. The number of halogens is 2. The minimum Gasteiger partial charge on any atom is -0.493 e. The largest absolute Gasteiger partial charge is 0.493 e. The van der Waals surface area contributed by atoms with Crippen LogP contribution in [-0.4, -0.2) is 31.4 Å². The number of carbonyl (C=O) groups is 1. The molecule has 4 rings (SSSR count). The quantitative estimate of drug-likeness (QED) is 0.446. The van der Waals surface area contributed by atoms with Gasteiger partial charge in [0.1, 0.15) is 0 Å². The van der Waals surface area contributed by atoms with Gasteiger partial charge in [0.2, 0.25) is 0 Å². The number of aromatic nitrogens is 1. The highest BCUT2D eigenvalue weighted by atomic mass is 35.5. The van der Waals surface area contributed by atoms with Gasteiger partial charge in [-0.15, -0.1) is 0 Å². The van der Waals surface area contributed by atoms with Gasteiger partial charge in [0.15, 0.2) is 16.3 Å². The van der Waals surface area contributed by atoms with Crippen LogP contribution in [0.15, 0.2) is 57.5 Å². The Bertz CT molecular complexity index is 1520. The zero-order valence-electron chi connectivity index (χ0n) is 19.4. The normalized spacial score (nSPS) is 15.5. The Hall–Kier alpha value is -3.07. The lowest BCUT2D eigenvalue weighted by molar-refractivity contribution is -0.139. The lowest BCUT2D eigenvalue weighted by Gasteiger charge is -2.25. The first kappa shape index (κ1) is 25.0. The van der Waals surface area contributed by atoms with Crippen molar-refractivity contribution in [3.8, 4) is 11.5 Å². The van der Waals surface area contributed by atoms with Crippen molar-refractivity contribution in [1.29, 1.82) is 0 Å². The van der Waals surface area contributed by atoms with Crippen LogP contribution in [0, 0.1) is 0 Å². The van der Waals surface area contributed by atoms with E-state index in [-0.39, 0.29) is 17.7 Å². The van der Waals surface area contributed by atoms with E-state index in [0.29, 0.717) is 47.7 Å². The number of hydrogen-bond donors (Lipinski definition) is 0. The van der Waals surface area contributed by atoms with E-state index >= 15 is 0 Å². The van der Waals surface area contributed by atoms with E-state index in [1.165, 1.54) is 30.1 Å². The number of allylic oxidation sites excluding steroid dienone is 1. The van der Waals surface area contributed by atoms with E-state index in [1.807, 2.05) is 0 Å². The second kappa shape index (κ2) is 10.3. The average molecular weight is 533 g/mol. The maximum absolute atomic E-state index is 13.7. The van der Waals surface area contributed by atoms with Crippen molar-refractivity contribution in [1.82, 2.24) is 4.57 Å². The predicted octanol–water partition coefficient (Wildman–Crippen LogP) is 4.12. The van der Waals surface area contributed by atoms with E-state index in [2.05, 4.69) is 4.99 Å². The molecule has 1 atom stereocenters. The van der Waals surface area contributed by atoms with E-state index in [4.69, 9.17) is 37.4 Å². The molecule has 1 aliphatic heterocycles. The number of thiazole rings is 1. The van der Waals surface area contributed by atoms with Gasteiger partial charge in [-0.25, -0.2) is 9.79 Å². The summed E-state index contributed by atoms with van der Waals surface area (Å²) in [5.74, 6) is 0.467. The molecular formula is C25H22Cl2N2O5S. The molecule has 0 saturated heterocycles. The molecule has 2 aromatic carbocycles. The van der Waals surface area contributed by atoms with Gasteiger partial charge in [0.25, 0.3) is 5.56 Å². The first-order valence-electron chi connectivity index (χ1n) is 10.7. The fourth-order valence-electron chi connectivity index (χ4n) is 3.88. The molecule has 7 nitrogen and oxygen atoms in total. The number of methoxy groups -OCH3 is 2. The van der Waals surface area contributed by atoms with Gasteiger partial charge in [0.05, 0.1) is 52.7 Å². The summed E-state index contributed by atoms with van der Waals surface area (Å²) in [5, 5.41) is 0.810. The highest BCUT2D eigenvalue weighted by Gasteiger charge is 2.33. The summed E-state index contributed by atoms with van der Waals surface area (Å²) in [6.07, 6.45) is 1.72. The second-order valence-electron chi connectivity index (χ2n) is 7.59. The molecule has 10 heteroatoms. The molecule has 0 spiro atoms. The maximum Gasteiger partial charge on any atom is 0.338 e. The summed E-state index contributed by atoms with van der Waals surface area (Å²) in [6, 6.07) is 9.63. The van der Waals surface area contributed by atoms with Crippen LogP contribution in [0.5, 0.6) is 11.5 Å². The van der Waals surface area contributed by atoms with Gasteiger partial charge in [-0.05, 0) is 55.3 Å². The number of nitrogens with zero attached hydrogens (tertiary/aromatic N) is 2. The molecule has 0 saturated carbocycles. The number of rotatable bonds is 6. The van der Waals surface area contributed by atoms with Gasteiger partial charge < -0.3 is 14.2 Å². The van der Waals surface area contributed by atoms with Gasteiger partial charge in [-0.3, -0.25) is 9.36 Å². The smallest absolute Gasteiger partial charge is 0.338 e. The zero-order chi connectivity index (χ0) is 25.3. The van der Waals surface area contributed by atoms with Crippen LogP contribution >= 0.6 is 34.5 Å². The lowest BCUT2D eigenvalue weighted by atomic mass is 9.95. The third-order valence-electron chi connectivity index (χ3n) is 5.48. The van der Waals surface area contributed by atoms with Crippen molar-refractivity contribution in [2.45, 2.75) is 19.9 Å². The third-order valence-corrected chi connectivity index (χ3v) is 7.20. The van der Waals surface area contributed by atoms with E-state index < -0.39 is 12.0 Å². The summed E-state index contributed by atoms with van der Waals surface area (Å²) >= 11 is 13.4. The van der Waals surface area contributed by atoms with E-state index in [9.17, 15) is 9.59 Å². The molecular weight excluding hydrogens is 511 g/mol. The van der Waals surface area contributed by atoms with E-state index in [0.717, 1.165) is 0 Å².